The van der Waals surface area contributed by atoms with Gasteiger partial charge in [0, 0.05) is 3.92 Å². The minimum absolute atomic E-state index is 0.148. The maximum Gasteiger partial charge on any atom is 0.0629 e. The molecule has 0 spiro atoms. The molecule has 1 nitrogen and oxygen atoms in total. The van der Waals surface area contributed by atoms with Crippen LogP contribution in [0.1, 0.15) is 20.3 Å². The lowest BCUT2D eigenvalue weighted by Crippen LogP contribution is -2.13. The van der Waals surface area contributed by atoms with E-state index in [2.05, 4.69) is 29.5 Å². The summed E-state index contributed by atoms with van der Waals surface area (Å²) < 4.78 is 0.428. The van der Waals surface area contributed by atoms with Crippen LogP contribution < -0.4 is 0 Å². The van der Waals surface area contributed by atoms with Crippen molar-refractivity contribution in [1.82, 2.24) is 0 Å². The van der Waals surface area contributed by atoms with Crippen molar-refractivity contribution in [3.63, 3.8) is 0 Å². The van der Waals surface area contributed by atoms with Gasteiger partial charge in [0.1, 0.15) is 0 Å². The lowest BCUT2D eigenvalue weighted by atomic mass is 10.2. The van der Waals surface area contributed by atoms with Crippen molar-refractivity contribution in [1.29, 1.82) is 0 Å². The Kier molecular flexibility index (Phi) is 4.02. The molecule has 0 saturated carbocycles. The fourth-order valence-corrected chi connectivity index (χ4v) is 0.341. The van der Waals surface area contributed by atoms with Crippen molar-refractivity contribution in [2.45, 2.75) is 30.3 Å². The molecular weight excluding hydrogens is 203 g/mol. The Morgan fingerprint density at radius 3 is 2.14 bits per heavy atom. The molecule has 1 N–H and O–H groups in total. The van der Waals surface area contributed by atoms with E-state index in [9.17, 15) is 0 Å². The van der Waals surface area contributed by atoms with Crippen molar-refractivity contribution in [3.05, 3.63) is 0 Å². The van der Waals surface area contributed by atoms with Crippen LogP contribution >= 0.6 is 22.6 Å². The molecule has 0 bridgehead atoms. The number of halogens is 1. The van der Waals surface area contributed by atoms with Crippen LogP contribution in [0.4, 0.5) is 0 Å². The zero-order valence-corrected chi connectivity index (χ0v) is 6.84. The number of hydrogen-bond acceptors (Lipinski definition) is 1. The molecule has 2 atom stereocenters. The lowest BCUT2D eigenvalue weighted by molar-refractivity contribution is 0.194. The molecule has 0 aromatic heterocycles. The van der Waals surface area contributed by atoms with Gasteiger partial charge in [-0.25, -0.2) is 0 Å². The van der Waals surface area contributed by atoms with E-state index in [1.54, 1.807) is 0 Å². The molecule has 2 heteroatoms. The summed E-state index contributed by atoms with van der Waals surface area (Å²) in [5, 5.41) is 8.81. The Balaban J connectivity index is 3.14. The third-order valence-electron chi connectivity index (χ3n) is 0.913. The fourth-order valence-electron chi connectivity index (χ4n) is 0.341. The monoisotopic (exact) mass is 214 g/mol. The van der Waals surface area contributed by atoms with Crippen LogP contribution in [0.5, 0.6) is 0 Å². The first-order chi connectivity index (χ1) is 3.18. The van der Waals surface area contributed by atoms with Gasteiger partial charge in [0.05, 0.1) is 6.10 Å². The van der Waals surface area contributed by atoms with Crippen LogP contribution in [-0.2, 0) is 0 Å². The predicted octanol–water partition coefficient (Wildman–Crippen LogP) is 1.58. The molecule has 0 aromatic carbocycles. The summed E-state index contributed by atoms with van der Waals surface area (Å²) >= 11 is 2.25. The van der Waals surface area contributed by atoms with E-state index in [-0.39, 0.29) is 6.10 Å². The summed E-state index contributed by atoms with van der Waals surface area (Å²) in [5.74, 6) is 0. The molecule has 44 valence electrons. The second-order valence-electron chi connectivity index (χ2n) is 1.66. The van der Waals surface area contributed by atoms with Gasteiger partial charge in [0.2, 0.25) is 0 Å². The Bertz CT molecular complexity index is 45.3. The third kappa shape index (κ3) is 3.29. The van der Waals surface area contributed by atoms with E-state index in [0.717, 1.165) is 6.42 Å². The first-order valence-corrected chi connectivity index (χ1v) is 3.75. The molecule has 0 heterocycles. The van der Waals surface area contributed by atoms with Crippen molar-refractivity contribution < 1.29 is 5.11 Å². The van der Waals surface area contributed by atoms with Gasteiger partial charge in [-0.2, -0.15) is 0 Å². The van der Waals surface area contributed by atoms with Crippen molar-refractivity contribution in [2.75, 3.05) is 0 Å². The number of rotatable bonds is 2. The molecule has 0 aliphatic carbocycles. The van der Waals surface area contributed by atoms with Crippen molar-refractivity contribution in [3.8, 4) is 0 Å². The normalized spacial score (nSPS) is 18.9. The SMILES string of the molecule is CCC(I)C(C)O. The molecule has 0 radical (unpaired) electrons. The highest BCUT2D eigenvalue weighted by molar-refractivity contribution is 14.1. The van der Waals surface area contributed by atoms with Crippen LogP contribution in [0, 0.1) is 0 Å². The predicted molar refractivity (Wildman–Crippen MR) is 39.8 cm³/mol. The average Bonchev–Trinajstić information content (AvgIpc) is 1.65. The highest BCUT2D eigenvalue weighted by atomic mass is 127. The number of aliphatic hydroxyl groups excluding tert-OH is 1. The highest BCUT2D eigenvalue weighted by Crippen LogP contribution is 2.08. The summed E-state index contributed by atoms with van der Waals surface area (Å²) in [6.45, 7) is 3.89. The minimum Gasteiger partial charge on any atom is -0.392 e. The molecule has 0 fully saturated rings. The van der Waals surface area contributed by atoms with Gasteiger partial charge in [-0.15, -0.1) is 0 Å². The Morgan fingerprint density at radius 2 is 2.14 bits per heavy atom. The van der Waals surface area contributed by atoms with Gasteiger partial charge in [-0.05, 0) is 13.3 Å². The van der Waals surface area contributed by atoms with Crippen molar-refractivity contribution >= 4 is 22.6 Å². The maximum absolute atomic E-state index is 8.81. The first-order valence-electron chi connectivity index (χ1n) is 2.50. The molecular formula is C5H11IO. The van der Waals surface area contributed by atoms with Crippen LogP contribution in [-0.4, -0.2) is 15.1 Å². The molecule has 0 saturated heterocycles. The van der Waals surface area contributed by atoms with Gasteiger partial charge in [-0.3, -0.25) is 0 Å². The van der Waals surface area contributed by atoms with Crippen LogP contribution in [0.25, 0.3) is 0 Å². The molecule has 0 rings (SSSR count). The Morgan fingerprint density at radius 1 is 1.71 bits per heavy atom. The second-order valence-corrected chi connectivity index (χ2v) is 3.26. The van der Waals surface area contributed by atoms with E-state index < -0.39 is 0 Å². The van der Waals surface area contributed by atoms with Gasteiger partial charge < -0.3 is 5.11 Å². The van der Waals surface area contributed by atoms with Gasteiger partial charge in [0.25, 0.3) is 0 Å². The summed E-state index contributed by atoms with van der Waals surface area (Å²) in [6.07, 6.45) is 0.906. The van der Waals surface area contributed by atoms with E-state index in [1.807, 2.05) is 6.92 Å². The average molecular weight is 214 g/mol. The Hall–Kier alpha value is 0.690. The smallest absolute Gasteiger partial charge is 0.0629 e. The van der Waals surface area contributed by atoms with Crippen LogP contribution in [0.2, 0.25) is 0 Å². The number of alkyl halides is 1. The van der Waals surface area contributed by atoms with Crippen LogP contribution in [0.3, 0.4) is 0 Å². The minimum atomic E-state index is -0.148. The number of aliphatic hydroxyl groups is 1. The summed E-state index contributed by atoms with van der Waals surface area (Å²) in [6, 6.07) is 0. The molecule has 0 amide bonds. The standard InChI is InChI=1S/C5H11IO/c1-3-5(6)4(2)7/h4-5,7H,3H2,1-2H3. The van der Waals surface area contributed by atoms with E-state index in [0.29, 0.717) is 3.92 Å². The largest absolute Gasteiger partial charge is 0.392 e. The topological polar surface area (TPSA) is 20.2 Å². The van der Waals surface area contributed by atoms with Crippen molar-refractivity contribution in [2.24, 2.45) is 0 Å². The van der Waals surface area contributed by atoms with Gasteiger partial charge in [-0.1, -0.05) is 29.5 Å². The van der Waals surface area contributed by atoms with E-state index in [1.165, 1.54) is 0 Å². The quantitative estimate of drug-likeness (QED) is 0.546. The van der Waals surface area contributed by atoms with Crippen LogP contribution in [0.15, 0.2) is 0 Å². The summed E-state index contributed by atoms with van der Waals surface area (Å²) in [4.78, 5) is 0. The zero-order chi connectivity index (χ0) is 5.86. The fraction of sp³-hybridized carbons (Fsp3) is 1.00. The third-order valence-corrected chi connectivity index (χ3v) is 2.84. The molecule has 0 aromatic rings. The zero-order valence-electron chi connectivity index (χ0n) is 4.69. The van der Waals surface area contributed by atoms with E-state index >= 15 is 0 Å². The molecule has 7 heavy (non-hydrogen) atoms. The highest BCUT2D eigenvalue weighted by Gasteiger charge is 2.05. The Labute approximate surface area is 58.3 Å². The summed E-state index contributed by atoms with van der Waals surface area (Å²) in [7, 11) is 0. The second kappa shape index (κ2) is 3.66. The van der Waals surface area contributed by atoms with Gasteiger partial charge >= 0.3 is 0 Å². The maximum atomic E-state index is 8.81. The molecule has 2 unspecified atom stereocenters. The van der Waals surface area contributed by atoms with Gasteiger partial charge in [0.15, 0.2) is 0 Å². The number of hydrogen-bond donors (Lipinski definition) is 1. The molecule has 0 aliphatic rings. The summed E-state index contributed by atoms with van der Waals surface area (Å²) in [5.41, 5.74) is 0. The lowest BCUT2D eigenvalue weighted by Gasteiger charge is -2.07. The molecule has 0 aliphatic heterocycles. The first kappa shape index (κ1) is 7.69. The van der Waals surface area contributed by atoms with E-state index in [4.69, 9.17) is 5.11 Å².